The molecule has 11 nitrogen and oxygen atoms in total. The van der Waals surface area contributed by atoms with E-state index in [1.807, 2.05) is 0 Å². The molecular formula is C26H34N2O9. The Morgan fingerprint density at radius 2 is 1.97 bits per heavy atom. The van der Waals surface area contributed by atoms with Crippen LogP contribution in [-0.2, 0) is 33.4 Å². The van der Waals surface area contributed by atoms with E-state index in [-0.39, 0.29) is 24.3 Å². The van der Waals surface area contributed by atoms with E-state index in [2.05, 4.69) is 16.9 Å². The number of nitrogens with one attached hydrogen (secondary N) is 1. The topological polar surface area (TPSA) is 147 Å². The molecule has 4 atom stereocenters. The molecule has 0 bridgehead atoms. The highest BCUT2D eigenvalue weighted by atomic mass is 16.6. The predicted octanol–water partition coefficient (Wildman–Crippen LogP) is 2.44. The van der Waals surface area contributed by atoms with Gasteiger partial charge in [0, 0.05) is 12.6 Å². The van der Waals surface area contributed by atoms with Gasteiger partial charge in [0.05, 0.1) is 11.8 Å². The summed E-state index contributed by atoms with van der Waals surface area (Å²) in [7, 11) is 0. The van der Waals surface area contributed by atoms with Crippen LogP contribution in [0.25, 0.3) is 0 Å². The molecular weight excluding hydrogens is 484 g/mol. The van der Waals surface area contributed by atoms with Gasteiger partial charge in [-0.3, -0.25) is 19.2 Å². The molecule has 11 heteroatoms. The smallest absolute Gasteiger partial charge is 0.332 e. The Bertz CT molecular complexity index is 1040. The van der Waals surface area contributed by atoms with Crippen molar-refractivity contribution in [3.05, 3.63) is 36.2 Å². The Morgan fingerprint density at radius 3 is 2.59 bits per heavy atom. The zero-order chi connectivity index (χ0) is 27.7. The van der Waals surface area contributed by atoms with Crippen LogP contribution in [0.15, 0.2) is 24.9 Å². The molecule has 2 rings (SSSR count). The number of carbonyl (C=O) groups excluding carboxylic acids is 5. The third-order valence-electron chi connectivity index (χ3n) is 5.69. The number of esters is 4. The number of aromatic nitrogens is 1. The van der Waals surface area contributed by atoms with Crippen molar-refractivity contribution in [3.8, 4) is 5.75 Å². The predicted molar refractivity (Wildman–Crippen MR) is 130 cm³/mol. The SMILES string of the molecule is C=CCCC(=O)Oc1c(C)ccnc1C(=O)N[C@H]1COC(=O)[C@H](CC)[C@@H](OC(=O)C(C)C)[C@H](C)OC1=O. The first kappa shape index (κ1) is 29.5. The van der Waals surface area contributed by atoms with E-state index in [0.717, 1.165) is 0 Å². The first-order valence-electron chi connectivity index (χ1n) is 12.2. The summed E-state index contributed by atoms with van der Waals surface area (Å²) < 4.78 is 21.6. The lowest BCUT2D eigenvalue weighted by Crippen LogP contribution is -2.47. The van der Waals surface area contributed by atoms with Crippen LogP contribution in [0.1, 0.15) is 63.0 Å². The molecule has 0 spiro atoms. The van der Waals surface area contributed by atoms with Crippen LogP contribution in [-0.4, -0.2) is 59.6 Å². The van der Waals surface area contributed by atoms with Gasteiger partial charge in [-0.2, -0.15) is 0 Å². The number of carbonyl (C=O) groups is 5. The third-order valence-corrected chi connectivity index (χ3v) is 5.69. The molecule has 1 fully saturated rings. The molecule has 0 unspecified atom stereocenters. The second-order valence-corrected chi connectivity index (χ2v) is 8.98. The van der Waals surface area contributed by atoms with Crippen molar-refractivity contribution in [1.82, 2.24) is 10.3 Å². The van der Waals surface area contributed by atoms with E-state index in [0.29, 0.717) is 12.0 Å². The monoisotopic (exact) mass is 518 g/mol. The second-order valence-electron chi connectivity index (χ2n) is 8.98. The molecule has 0 radical (unpaired) electrons. The number of nitrogens with zero attached hydrogens (tertiary/aromatic N) is 1. The van der Waals surface area contributed by atoms with Crippen LogP contribution in [0, 0.1) is 18.8 Å². The van der Waals surface area contributed by atoms with Gasteiger partial charge in [0.2, 0.25) is 0 Å². The summed E-state index contributed by atoms with van der Waals surface area (Å²) >= 11 is 0. The normalized spacial score (nSPS) is 22.0. The Hall–Kier alpha value is -3.76. The standard InChI is InChI=1S/C26H34N2O9/c1-7-9-10-19(29)36-21-15(5)11-12-27-20(21)23(30)28-18-13-34-25(32)17(8-2)22(16(6)35-26(18)33)37-24(31)14(3)4/h7,11-12,14,16-18,22H,1,8-10,13H2,2-6H3,(H,28,30)/t16-,17+,18-,22-/m0/s1. The van der Waals surface area contributed by atoms with Gasteiger partial charge in [0.25, 0.3) is 5.91 Å². The van der Waals surface area contributed by atoms with E-state index in [4.69, 9.17) is 18.9 Å². The van der Waals surface area contributed by atoms with Gasteiger partial charge < -0.3 is 24.3 Å². The fourth-order valence-corrected chi connectivity index (χ4v) is 3.53. The number of pyridine rings is 1. The van der Waals surface area contributed by atoms with Gasteiger partial charge in [-0.25, -0.2) is 9.78 Å². The fraction of sp³-hybridized carbons (Fsp3) is 0.538. The molecule has 0 aliphatic carbocycles. The molecule has 0 aromatic carbocycles. The van der Waals surface area contributed by atoms with Crippen LogP contribution >= 0.6 is 0 Å². The van der Waals surface area contributed by atoms with Crippen LogP contribution in [0.3, 0.4) is 0 Å². The number of hydrogen-bond acceptors (Lipinski definition) is 10. The van der Waals surface area contributed by atoms with Crippen molar-refractivity contribution >= 4 is 29.8 Å². The van der Waals surface area contributed by atoms with Crippen LogP contribution in [0.2, 0.25) is 0 Å². The Kier molecular flexibility index (Phi) is 10.8. The number of amides is 1. The van der Waals surface area contributed by atoms with Crippen molar-refractivity contribution in [3.63, 3.8) is 0 Å². The molecule has 1 aromatic heterocycles. The quantitative estimate of drug-likeness (QED) is 0.294. The molecule has 1 saturated heterocycles. The van der Waals surface area contributed by atoms with Crippen molar-refractivity contribution < 1.29 is 42.9 Å². The van der Waals surface area contributed by atoms with Crippen molar-refractivity contribution in [2.24, 2.45) is 11.8 Å². The summed E-state index contributed by atoms with van der Waals surface area (Å²) in [5.74, 6) is -4.95. The lowest BCUT2D eigenvalue weighted by atomic mass is 9.95. The highest BCUT2D eigenvalue weighted by Crippen LogP contribution is 2.25. The number of aryl methyl sites for hydroxylation is 1. The highest BCUT2D eigenvalue weighted by molar-refractivity contribution is 5.98. The first-order chi connectivity index (χ1) is 17.5. The van der Waals surface area contributed by atoms with E-state index < -0.39 is 66.5 Å². The minimum Gasteiger partial charge on any atom is -0.463 e. The van der Waals surface area contributed by atoms with Gasteiger partial charge in [0.1, 0.15) is 12.7 Å². The molecule has 0 saturated carbocycles. The van der Waals surface area contributed by atoms with Crippen molar-refractivity contribution in [2.45, 2.75) is 72.1 Å². The molecule has 1 aromatic rings. The highest BCUT2D eigenvalue weighted by Gasteiger charge is 2.41. The average Bonchev–Trinajstić information content (AvgIpc) is 2.88. The summed E-state index contributed by atoms with van der Waals surface area (Å²) in [5.41, 5.74) is 0.249. The summed E-state index contributed by atoms with van der Waals surface area (Å²) in [5, 5.41) is 2.44. The number of cyclic esters (lactones) is 2. The fourth-order valence-electron chi connectivity index (χ4n) is 3.53. The zero-order valence-corrected chi connectivity index (χ0v) is 21.8. The molecule has 1 amide bonds. The summed E-state index contributed by atoms with van der Waals surface area (Å²) in [4.78, 5) is 67.2. The van der Waals surface area contributed by atoms with Gasteiger partial charge in [0.15, 0.2) is 23.6 Å². The Balaban J connectivity index is 2.26. The minimum atomic E-state index is -1.39. The first-order valence-corrected chi connectivity index (χ1v) is 12.2. The van der Waals surface area contributed by atoms with Crippen molar-refractivity contribution in [2.75, 3.05) is 6.61 Å². The lowest BCUT2D eigenvalue weighted by molar-refractivity contribution is -0.176. The molecule has 202 valence electrons. The van der Waals surface area contributed by atoms with E-state index >= 15 is 0 Å². The number of rotatable bonds is 9. The van der Waals surface area contributed by atoms with Gasteiger partial charge in [-0.05, 0) is 38.3 Å². The molecule has 1 aliphatic rings. The maximum atomic E-state index is 13.1. The van der Waals surface area contributed by atoms with E-state index in [9.17, 15) is 24.0 Å². The number of hydrogen-bond donors (Lipinski definition) is 1. The summed E-state index contributed by atoms with van der Waals surface area (Å²) in [6, 6.07) is 0.177. The number of ether oxygens (including phenoxy) is 4. The Morgan fingerprint density at radius 1 is 1.27 bits per heavy atom. The van der Waals surface area contributed by atoms with E-state index in [1.54, 1.807) is 39.8 Å². The molecule has 37 heavy (non-hydrogen) atoms. The maximum absolute atomic E-state index is 13.1. The molecule has 2 heterocycles. The lowest BCUT2D eigenvalue weighted by Gasteiger charge is -2.29. The van der Waals surface area contributed by atoms with Gasteiger partial charge >= 0.3 is 23.9 Å². The van der Waals surface area contributed by atoms with Crippen LogP contribution < -0.4 is 10.1 Å². The third kappa shape index (κ3) is 7.86. The van der Waals surface area contributed by atoms with Crippen molar-refractivity contribution in [1.29, 1.82) is 0 Å². The van der Waals surface area contributed by atoms with E-state index in [1.165, 1.54) is 13.1 Å². The largest absolute Gasteiger partial charge is 0.463 e. The molecule has 1 N–H and O–H groups in total. The summed E-state index contributed by atoms with van der Waals surface area (Å²) in [6.07, 6.45) is 1.57. The molecule has 1 aliphatic heterocycles. The maximum Gasteiger partial charge on any atom is 0.332 e. The number of allylic oxidation sites excluding steroid dienone is 1. The minimum absolute atomic E-state index is 0.0532. The van der Waals surface area contributed by atoms with Crippen LogP contribution in [0.4, 0.5) is 0 Å². The summed E-state index contributed by atoms with van der Waals surface area (Å²) in [6.45, 7) is 11.2. The van der Waals surface area contributed by atoms with Crippen LogP contribution in [0.5, 0.6) is 5.75 Å². The second kappa shape index (κ2) is 13.5. The van der Waals surface area contributed by atoms with Gasteiger partial charge in [-0.15, -0.1) is 6.58 Å². The average molecular weight is 519 g/mol. The van der Waals surface area contributed by atoms with Gasteiger partial charge in [-0.1, -0.05) is 26.8 Å². The zero-order valence-electron chi connectivity index (χ0n) is 21.8. The Labute approximate surface area is 215 Å².